The fourth-order valence-corrected chi connectivity index (χ4v) is 3.72. The van der Waals surface area contributed by atoms with E-state index in [0.29, 0.717) is 6.04 Å². The maximum atomic E-state index is 4.72. The first-order chi connectivity index (χ1) is 12.2. The van der Waals surface area contributed by atoms with Crippen LogP contribution in [0.4, 0.5) is 5.69 Å². The van der Waals surface area contributed by atoms with Gasteiger partial charge in [-0.15, -0.1) is 11.3 Å². The molecular formula is C19H27N5S. The number of guanidine groups is 1. The van der Waals surface area contributed by atoms with Gasteiger partial charge in [0.15, 0.2) is 5.96 Å². The molecule has 1 saturated heterocycles. The molecule has 6 heteroatoms. The highest BCUT2D eigenvalue weighted by molar-refractivity contribution is 7.09. The molecular weight excluding hydrogens is 330 g/mol. The average Bonchev–Trinajstić information content (AvgIpc) is 3.25. The number of aromatic nitrogens is 1. The third-order valence-corrected chi connectivity index (χ3v) is 5.12. The quantitative estimate of drug-likeness (QED) is 0.617. The molecule has 1 unspecified atom stereocenters. The minimum atomic E-state index is 0.430. The zero-order valence-electron chi connectivity index (χ0n) is 15.0. The van der Waals surface area contributed by atoms with Gasteiger partial charge in [-0.1, -0.05) is 18.2 Å². The van der Waals surface area contributed by atoms with Gasteiger partial charge in [-0.05, 0) is 32.4 Å². The molecule has 0 aliphatic carbocycles. The molecule has 2 N–H and O–H groups in total. The Balaban J connectivity index is 1.52. The first-order valence-corrected chi connectivity index (χ1v) is 9.88. The van der Waals surface area contributed by atoms with Gasteiger partial charge in [-0.3, -0.25) is 4.99 Å². The van der Waals surface area contributed by atoms with Crippen molar-refractivity contribution in [3.05, 3.63) is 46.4 Å². The smallest absolute Gasteiger partial charge is 0.191 e. The Kier molecular flexibility index (Phi) is 6.28. The van der Waals surface area contributed by atoms with E-state index < -0.39 is 0 Å². The first-order valence-electron chi connectivity index (χ1n) is 9.00. The normalized spacial score (nSPS) is 17.8. The van der Waals surface area contributed by atoms with Crippen molar-refractivity contribution < 1.29 is 0 Å². The van der Waals surface area contributed by atoms with Crippen molar-refractivity contribution in [2.75, 3.05) is 31.1 Å². The van der Waals surface area contributed by atoms with Gasteiger partial charge in [-0.25, -0.2) is 4.98 Å². The van der Waals surface area contributed by atoms with Crippen molar-refractivity contribution in [2.24, 2.45) is 4.99 Å². The van der Waals surface area contributed by atoms with E-state index in [1.807, 2.05) is 6.92 Å². The van der Waals surface area contributed by atoms with E-state index in [0.717, 1.165) is 55.7 Å². The molecule has 2 aromatic rings. The average molecular weight is 358 g/mol. The number of thiazole rings is 1. The molecule has 134 valence electrons. The van der Waals surface area contributed by atoms with Gasteiger partial charge in [0, 0.05) is 49.7 Å². The molecule has 0 spiro atoms. The number of nitrogens with zero attached hydrogens (tertiary/aromatic N) is 3. The third kappa shape index (κ3) is 5.19. The fraction of sp³-hybridized carbons (Fsp3) is 0.474. The summed E-state index contributed by atoms with van der Waals surface area (Å²) in [5, 5.41) is 10.2. The monoisotopic (exact) mass is 357 g/mol. The maximum Gasteiger partial charge on any atom is 0.191 e. The predicted molar refractivity (Wildman–Crippen MR) is 107 cm³/mol. The molecule has 25 heavy (non-hydrogen) atoms. The van der Waals surface area contributed by atoms with Crippen molar-refractivity contribution in [1.82, 2.24) is 15.6 Å². The molecule has 1 atom stereocenters. The van der Waals surface area contributed by atoms with Crippen LogP contribution in [0.2, 0.25) is 0 Å². The van der Waals surface area contributed by atoms with Crippen molar-refractivity contribution in [1.29, 1.82) is 0 Å². The van der Waals surface area contributed by atoms with E-state index in [2.05, 4.69) is 63.2 Å². The maximum absolute atomic E-state index is 4.72. The predicted octanol–water partition coefficient (Wildman–Crippen LogP) is 2.83. The highest BCUT2D eigenvalue weighted by Gasteiger charge is 2.23. The lowest BCUT2D eigenvalue weighted by Gasteiger charge is -2.20. The van der Waals surface area contributed by atoms with Crippen LogP contribution in [0.3, 0.4) is 0 Å². The van der Waals surface area contributed by atoms with Crippen LogP contribution in [-0.4, -0.2) is 43.2 Å². The van der Waals surface area contributed by atoms with Crippen molar-refractivity contribution in [3.63, 3.8) is 0 Å². The van der Waals surface area contributed by atoms with Gasteiger partial charge < -0.3 is 15.5 Å². The van der Waals surface area contributed by atoms with Crippen LogP contribution in [0, 0.1) is 6.92 Å². The van der Waals surface area contributed by atoms with E-state index in [-0.39, 0.29) is 0 Å². The Hall–Kier alpha value is -2.08. The van der Waals surface area contributed by atoms with E-state index in [1.54, 1.807) is 11.3 Å². The standard InChI is InChI=1S/C19H27N5S/c1-3-20-19(21-11-9-17-14-25-15(2)22-17)23-16-10-12-24(13-16)18-7-5-4-6-8-18/h4-8,14,16H,3,9-13H2,1-2H3,(H2,20,21,23). The summed E-state index contributed by atoms with van der Waals surface area (Å²) in [6, 6.07) is 11.0. The molecule has 1 aromatic carbocycles. The van der Waals surface area contributed by atoms with Crippen LogP contribution in [0.1, 0.15) is 24.0 Å². The minimum absolute atomic E-state index is 0.430. The highest BCUT2D eigenvalue weighted by atomic mass is 32.1. The fourth-order valence-electron chi connectivity index (χ4n) is 3.07. The second-order valence-electron chi connectivity index (χ2n) is 6.28. The number of para-hydroxylation sites is 1. The van der Waals surface area contributed by atoms with Crippen LogP contribution in [-0.2, 0) is 6.42 Å². The third-order valence-electron chi connectivity index (χ3n) is 4.30. The number of nitrogens with one attached hydrogen (secondary N) is 2. The van der Waals surface area contributed by atoms with E-state index >= 15 is 0 Å². The number of benzene rings is 1. The summed E-state index contributed by atoms with van der Waals surface area (Å²) in [5.74, 6) is 0.911. The second kappa shape index (κ2) is 8.85. The number of hydrogen-bond donors (Lipinski definition) is 2. The Morgan fingerprint density at radius 2 is 2.20 bits per heavy atom. The molecule has 2 heterocycles. The largest absolute Gasteiger partial charge is 0.369 e. The number of hydrogen-bond acceptors (Lipinski definition) is 4. The summed E-state index contributed by atoms with van der Waals surface area (Å²) in [6.45, 7) is 7.87. The minimum Gasteiger partial charge on any atom is -0.369 e. The number of aliphatic imine (C=N–C) groups is 1. The van der Waals surface area contributed by atoms with Crippen molar-refractivity contribution in [3.8, 4) is 0 Å². The van der Waals surface area contributed by atoms with Gasteiger partial charge in [-0.2, -0.15) is 0 Å². The molecule has 1 aliphatic heterocycles. The van der Waals surface area contributed by atoms with E-state index in [4.69, 9.17) is 4.99 Å². The Labute approximate surface area is 154 Å². The van der Waals surface area contributed by atoms with Gasteiger partial charge in [0.25, 0.3) is 0 Å². The highest BCUT2D eigenvalue weighted by Crippen LogP contribution is 2.19. The van der Waals surface area contributed by atoms with Crippen molar-refractivity contribution in [2.45, 2.75) is 32.7 Å². The summed E-state index contributed by atoms with van der Waals surface area (Å²) in [4.78, 5) is 11.7. The lowest BCUT2D eigenvalue weighted by atomic mass is 10.2. The Morgan fingerprint density at radius 1 is 1.36 bits per heavy atom. The first kappa shape index (κ1) is 17.7. The van der Waals surface area contributed by atoms with E-state index in [9.17, 15) is 0 Å². The van der Waals surface area contributed by atoms with Crippen LogP contribution in [0.25, 0.3) is 0 Å². The van der Waals surface area contributed by atoms with Gasteiger partial charge in [0.2, 0.25) is 0 Å². The molecule has 3 rings (SSSR count). The van der Waals surface area contributed by atoms with Gasteiger partial charge in [0.05, 0.1) is 10.7 Å². The summed E-state index contributed by atoms with van der Waals surface area (Å²) in [7, 11) is 0. The number of aryl methyl sites for hydroxylation is 1. The second-order valence-corrected chi connectivity index (χ2v) is 7.34. The number of anilines is 1. The lowest BCUT2D eigenvalue weighted by molar-refractivity contribution is 0.649. The molecule has 1 aromatic heterocycles. The molecule has 1 fully saturated rings. The molecule has 0 amide bonds. The lowest BCUT2D eigenvalue weighted by Crippen LogP contribution is -2.44. The van der Waals surface area contributed by atoms with E-state index in [1.165, 1.54) is 5.69 Å². The topological polar surface area (TPSA) is 52.6 Å². The summed E-state index contributed by atoms with van der Waals surface area (Å²) in [6.07, 6.45) is 2.02. The molecule has 0 saturated carbocycles. The Bertz CT molecular complexity index is 682. The number of rotatable bonds is 6. The SMILES string of the molecule is CCNC(=NCCc1csc(C)n1)NC1CCN(c2ccccc2)C1. The van der Waals surface area contributed by atoms with Crippen LogP contribution in [0.15, 0.2) is 40.7 Å². The van der Waals surface area contributed by atoms with Gasteiger partial charge >= 0.3 is 0 Å². The van der Waals surface area contributed by atoms with Crippen LogP contribution in [0.5, 0.6) is 0 Å². The zero-order valence-corrected chi connectivity index (χ0v) is 15.9. The van der Waals surface area contributed by atoms with Crippen LogP contribution >= 0.6 is 11.3 Å². The summed E-state index contributed by atoms with van der Waals surface area (Å²) in [5.41, 5.74) is 2.44. The summed E-state index contributed by atoms with van der Waals surface area (Å²) >= 11 is 1.70. The van der Waals surface area contributed by atoms with Gasteiger partial charge in [0.1, 0.15) is 0 Å². The molecule has 0 bridgehead atoms. The molecule has 5 nitrogen and oxygen atoms in total. The molecule has 0 radical (unpaired) electrons. The summed E-state index contributed by atoms with van der Waals surface area (Å²) < 4.78 is 0. The zero-order chi connectivity index (χ0) is 17.5. The van der Waals surface area contributed by atoms with Crippen LogP contribution < -0.4 is 15.5 Å². The van der Waals surface area contributed by atoms with Crippen molar-refractivity contribution >= 4 is 23.0 Å². The Morgan fingerprint density at radius 3 is 2.92 bits per heavy atom. The molecule has 1 aliphatic rings.